The zero-order valence-corrected chi connectivity index (χ0v) is 28.1. The Morgan fingerprint density at radius 2 is 1.20 bits per heavy atom. The molecule has 0 spiro atoms. The lowest BCUT2D eigenvalue weighted by Gasteiger charge is -2.22. The first kappa shape index (κ1) is 37.9. The Kier molecular flexibility index (Phi) is 15.5. The van der Waals surface area contributed by atoms with Gasteiger partial charge in [-0.1, -0.05) is 105 Å². The molecule has 12 heteroatoms. The summed E-state index contributed by atoms with van der Waals surface area (Å²) < 4.78 is 5.22. The number of alkyl carbamates (subject to hydrolysis) is 1. The summed E-state index contributed by atoms with van der Waals surface area (Å²) in [5.74, 6) is -3.80. The molecule has 5 N–H and O–H groups in total. The van der Waals surface area contributed by atoms with Crippen molar-refractivity contribution < 1.29 is 33.5 Å². The molecule has 3 atom stereocenters. The first-order valence-corrected chi connectivity index (χ1v) is 16.3. The second-order valence-corrected chi connectivity index (χ2v) is 12.0. The van der Waals surface area contributed by atoms with Gasteiger partial charge in [0.25, 0.3) is 5.91 Å². The highest BCUT2D eigenvalue weighted by Gasteiger charge is 2.29. The van der Waals surface area contributed by atoms with Crippen molar-refractivity contribution in [2.45, 2.75) is 64.8 Å². The molecule has 3 unspecified atom stereocenters. The molecular formula is C37H45N5O7. The van der Waals surface area contributed by atoms with E-state index in [1.807, 2.05) is 92.7 Å². The molecule has 12 nitrogen and oxygen atoms in total. The average Bonchev–Trinajstić information content (AvgIpc) is 3.09. The van der Waals surface area contributed by atoms with Crippen LogP contribution in [0.4, 0.5) is 4.79 Å². The van der Waals surface area contributed by atoms with Gasteiger partial charge in [0.15, 0.2) is 0 Å². The number of hydrogen-bond acceptors (Lipinski definition) is 7. The number of nitrogens with one attached hydrogen (secondary N) is 5. The van der Waals surface area contributed by atoms with Crippen LogP contribution in [-0.4, -0.2) is 66.7 Å². The Bertz CT molecular complexity index is 1530. The Hall–Kier alpha value is -5.52. The van der Waals surface area contributed by atoms with Gasteiger partial charge in [0.1, 0.15) is 18.7 Å². The largest absolute Gasteiger partial charge is 0.445 e. The van der Waals surface area contributed by atoms with Crippen LogP contribution in [0.15, 0.2) is 91.0 Å². The highest BCUT2D eigenvalue weighted by atomic mass is 16.5. The predicted molar refractivity (Wildman–Crippen MR) is 184 cm³/mol. The molecule has 3 rings (SSSR count). The fourth-order valence-corrected chi connectivity index (χ4v) is 4.84. The van der Waals surface area contributed by atoms with E-state index in [1.54, 1.807) is 12.1 Å². The van der Waals surface area contributed by atoms with Gasteiger partial charge >= 0.3 is 6.09 Å². The monoisotopic (exact) mass is 671 g/mol. The zero-order valence-electron chi connectivity index (χ0n) is 28.1. The molecule has 5 amide bonds. The Labute approximate surface area is 286 Å². The Morgan fingerprint density at radius 1 is 0.633 bits per heavy atom. The molecule has 0 fully saturated rings. The first-order chi connectivity index (χ1) is 23.5. The first-order valence-electron chi connectivity index (χ1n) is 16.3. The van der Waals surface area contributed by atoms with E-state index in [9.17, 15) is 28.8 Å². The molecule has 3 aromatic carbocycles. The Morgan fingerprint density at radius 3 is 1.80 bits per heavy atom. The molecule has 0 aliphatic rings. The van der Waals surface area contributed by atoms with Gasteiger partial charge < -0.3 is 31.3 Å². The van der Waals surface area contributed by atoms with Gasteiger partial charge in [-0.15, -0.1) is 0 Å². The third-order valence-electron chi connectivity index (χ3n) is 7.40. The maximum absolute atomic E-state index is 13.1. The van der Waals surface area contributed by atoms with E-state index in [0.29, 0.717) is 13.0 Å². The summed E-state index contributed by atoms with van der Waals surface area (Å²) in [6.07, 6.45) is 0.273. The summed E-state index contributed by atoms with van der Waals surface area (Å²) in [6.45, 7) is 4.86. The summed E-state index contributed by atoms with van der Waals surface area (Å²) in [6, 6.07) is 24.6. The lowest BCUT2D eigenvalue weighted by molar-refractivity contribution is -0.140. The number of ether oxygens (including phenoxy) is 1. The fourth-order valence-electron chi connectivity index (χ4n) is 4.84. The van der Waals surface area contributed by atoms with Crippen LogP contribution >= 0.6 is 0 Å². The van der Waals surface area contributed by atoms with Crippen molar-refractivity contribution >= 4 is 35.5 Å². The SMILES string of the molecule is CC(C)CC(NC(=O)OCc1ccccc1)C(=O)NC(C)C(=O)C(=O)NCC(=O)NC(Cc1ccccc1)C(=O)NCCc1ccccc1. The number of benzene rings is 3. The summed E-state index contributed by atoms with van der Waals surface area (Å²) in [7, 11) is 0. The van der Waals surface area contributed by atoms with E-state index in [1.165, 1.54) is 6.92 Å². The van der Waals surface area contributed by atoms with E-state index in [0.717, 1.165) is 16.7 Å². The van der Waals surface area contributed by atoms with E-state index in [2.05, 4.69) is 26.6 Å². The van der Waals surface area contributed by atoms with Crippen molar-refractivity contribution in [3.63, 3.8) is 0 Å². The second-order valence-electron chi connectivity index (χ2n) is 12.0. The van der Waals surface area contributed by atoms with Crippen LogP contribution in [0.25, 0.3) is 0 Å². The standard InChI is InChI=1S/C37H45N5O7/c1-25(2)21-30(42-37(48)49-24-29-17-11-6-12-18-29)35(46)40-26(3)33(44)36(47)39-23-32(43)41-31(22-28-15-9-5-10-16-28)34(45)38-20-19-27-13-7-4-8-14-27/h4-18,25-26,30-31H,19-24H2,1-3H3,(H,38,45)(H,39,47)(H,40,46)(H,41,43)(H,42,48). The van der Waals surface area contributed by atoms with Crippen LogP contribution in [0.5, 0.6) is 0 Å². The molecule has 0 aliphatic carbocycles. The van der Waals surface area contributed by atoms with Crippen LogP contribution in [0.3, 0.4) is 0 Å². The molecule has 0 radical (unpaired) electrons. The molecule has 0 aromatic heterocycles. The number of amides is 5. The molecular weight excluding hydrogens is 626 g/mol. The molecule has 260 valence electrons. The summed E-state index contributed by atoms with van der Waals surface area (Å²) in [5, 5.41) is 12.7. The van der Waals surface area contributed by atoms with Crippen molar-refractivity contribution in [3.8, 4) is 0 Å². The number of ketones is 1. The van der Waals surface area contributed by atoms with E-state index < -0.39 is 54.3 Å². The minimum atomic E-state index is -1.26. The number of Topliss-reactive ketones (excluding diaryl/α,β-unsaturated/α-hetero) is 1. The minimum absolute atomic E-state index is 0.00894. The predicted octanol–water partition coefficient (Wildman–Crippen LogP) is 2.60. The number of carbonyl (C=O) groups excluding carboxylic acids is 6. The van der Waals surface area contributed by atoms with Crippen LogP contribution < -0.4 is 26.6 Å². The fraction of sp³-hybridized carbons (Fsp3) is 0.351. The van der Waals surface area contributed by atoms with Crippen LogP contribution in [-0.2, 0) is 48.2 Å². The van der Waals surface area contributed by atoms with Gasteiger partial charge in [0.05, 0.1) is 12.6 Å². The van der Waals surface area contributed by atoms with Crippen LogP contribution in [0, 0.1) is 5.92 Å². The minimum Gasteiger partial charge on any atom is -0.445 e. The number of hydrogen-bond donors (Lipinski definition) is 5. The normalized spacial score (nSPS) is 12.5. The summed E-state index contributed by atoms with van der Waals surface area (Å²) in [5.41, 5.74) is 2.65. The lowest BCUT2D eigenvalue weighted by atomic mass is 10.0. The topological polar surface area (TPSA) is 172 Å². The molecule has 3 aromatic rings. The van der Waals surface area contributed by atoms with Crippen LogP contribution in [0.2, 0.25) is 0 Å². The van der Waals surface area contributed by atoms with Gasteiger partial charge in [-0.05, 0) is 42.4 Å². The third kappa shape index (κ3) is 14.0. The van der Waals surface area contributed by atoms with Crippen molar-refractivity contribution in [2.75, 3.05) is 13.1 Å². The maximum Gasteiger partial charge on any atom is 0.408 e. The molecule has 49 heavy (non-hydrogen) atoms. The van der Waals surface area contributed by atoms with Gasteiger partial charge in [-0.2, -0.15) is 0 Å². The smallest absolute Gasteiger partial charge is 0.408 e. The molecule has 0 heterocycles. The third-order valence-corrected chi connectivity index (χ3v) is 7.40. The zero-order chi connectivity index (χ0) is 35.6. The van der Waals surface area contributed by atoms with Gasteiger partial charge in [0, 0.05) is 13.0 Å². The molecule has 0 saturated heterocycles. The van der Waals surface area contributed by atoms with Gasteiger partial charge in [0.2, 0.25) is 23.5 Å². The molecule has 0 bridgehead atoms. The highest BCUT2D eigenvalue weighted by molar-refractivity contribution is 6.38. The number of carbonyl (C=O) groups is 6. The lowest BCUT2D eigenvalue weighted by Crippen LogP contribution is -2.54. The van der Waals surface area contributed by atoms with Crippen molar-refractivity contribution in [3.05, 3.63) is 108 Å². The Balaban J connectivity index is 1.50. The maximum atomic E-state index is 13.1. The van der Waals surface area contributed by atoms with Crippen molar-refractivity contribution in [1.29, 1.82) is 0 Å². The summed E-state index contributed by atoms with van der Waals surface area (Å²) in [4.78, 5) is 76.7. The van der Waals surface area contributed by atoms with E-state index >= 15 is 0 Å². The quantitative estimate of drug-likeness (QED) is 0.129. The second kappa shape index (κ2) is 20.0. The van der Waals surface area contributed by atoms with Gasteiger partial charge in [-0.25, -0.2) is 4.79 Å². The van der Waals surface area contributed by atoms with Crippen molar-refractivity contribution in [2.24, 2.45) is 5.92 Å². The number of rotatable bonds is 18. The average molecular weight is 672 g/mol. The van der Waals surface area contributed by atoms with E-state index in [4.69, 9.17) is 4.74 Å². The van der Waals surface area contributed by atoms with Gasteiger partial charge in [-0.3, -0.25) is 24.0 Å². The van der Waals surface area contributed by atoms with Crippen molar-refractivity contribution in [1.82, 2.24) is 26.6 Å². The van der Waals surface area contributed by atoms with E-state index in [-0.39, 0.29) is 31.3 Å². The highest BCUT2D eigenvalue weighted by Crippen LogP contribution is 2.08. The van der Waals surface area contributed by atoms with Crippen LogP contribution in [0.1, 0.15) is 43.9 Å². The molecule has 0 saturated carbocycles. The summed E-state index contributed by atoms with van der Waals surface area (Å²) >= 11 is 0. The molecule has 0 aliphatic heterocycles.